The van der Waals surface area contributed by atoms with Gasteiger partial charge in [0.05, 0.1) is 17.4 Å². The second kappa shape index (κ2) is 8.09. The highest BCUT2D eigenvalue weighted by Crippen LogP contribution is 2.36. The van der Waals surface area contributed by atoms with Gasteiger partial charge in [0.2, 0.25) is 0 Å². The Kier molecular flexibility index (Phi) is 5.24. The average molecular weight is 425 g/mol. The summed E-state index contributed by atoms with van der Waals surface area (Å²) in [5.74, 6) is 1.41. The van der Waals surface area contributed by atoms with Crippen molar-refractivity contribution in [2.24, 2.45) is 0 Å². The number of fused-ring (bicyclic) bond motifs is 2. The van der Waals surface area contributed by atoms with E-state index in [2.05, 4.69) is 97.8 Å². The first-order valence-electron chi connectivity index (χ1n) is 11.7. The second-order valence-corrected chi connectivity index (χ2v) is 9.56. The molecule has 4 nitrogen and oxygen atoms in total. The van der Waals surface area contributed by atoms with Gasteiger partial charge < -0.3 is 4.90 Å². The highest BCUT2D eigenvalue weighted by Gasteiger charge is 2.21. The summed E-state index contributed by atoms with van der Waals surface area (Å²) >= 11 is 0. The van der Waals surface area contributed by atoms with Crippen LogP contribution in [0.1, 0.15) is 62.0 Å². The van der Waals surface area contributed by atoms with Crippen LogP contribution >= 0.6 is 0 Å². The summed E-state index contributed by atoms with van der Waals surface area (Å²) in [5.41, 5.74) is 9.09. The van der Waals surface area contributed by atoms with Crippen molar-refractivity contribution in [1.82, 2.24) is 14.8 Å². The Labute approximate surface area is 190 Å². The van der Waals surface area contributed by atoms with Gasteiger partial charge in [-0.1, -0.05) is 44.2 Å². The molecule has 4 heteroatoms. The Morgan fingerprint density at radius 3 is 2.50 bits per heavy atom. The lowest BCUT2D eigenvalue weighted by Gasteiger charge is -2.31. The summed E-state index contributed by atoms with van der Waals surface area (Å²) in [5, 5.41) is 5.86. The monoisotopic (exact) mass is 424 g/mol. The zero-order chi connectivity index (χ0) is 22.4. The minimum atomic E-state index is 0.332. The Bertz CT molecular complexity index is 1280. The molecule has 0 aliphatic carbocycles. The molecule has 0 saturated heterocycles. The second-order valence-electron chi connectivity index (χ2n) is 9.56. The SMILES string of the molecule is Cc1cccc2c1CN(c1ccc(-c3cccc4c3cnn4C(C)C)c(C(C)C)n1)CC2. The first-order valence-corrected chi connectivity index (χ1v) is 11.7. The zero-order valence-electron chi connectivity index (χ0n) is 19.8. The van der Waals surface area contributed by atoms with E-state index in [1.54, 1.807) is 0 Å². The van der Waals surface area contributed by atoms with Crippen LogP contribution < -0.4 is 4.90 Å². The predicted molar refractivity (Wildman–Crippen MR) is 133 cm³/mol. The summed E-state index contributed by atoms with van der Waals surface area (Å²) < 4.78 is 2.10. The van der Waals surface area contributed by atoms with Gasteiger partial charge in [-0.3, -0.25) is 4.68 Å². The number of hydrogen-bond donors (Lipinski definition) is 0. The van der Waals surface area contributed by atoms with E-state index in [1.807, 2.05) is 6.20 Å². The first-order chi connectivity index (χ1) is 15.4. The maximum atomic E-state index is 5.22. The molecule has 0 amide bonds. The highest BCUT2D eigenvalue weighted by molar-refractivity contribution is 5.95. The Morgan fingerprint density at radius 1 is 0.906 bits per heavy atom. The smallest absolute Gasteiger partial charge is 0.129 e. The molecule has 0 fully saturated rings. The van der Waals surface area contributed by atoms with Crippen molar-refractivity contribution in [3.63, 3.8) is 0 Å². The van der Waals surface area contributed by atoms with Crippen LogP contribution in [0.3, 0.4) is 0 Å². The van der Waals surface area contributed by atoms with Gasteiger partial charge >= 0.3 is 0 Å². The summed E-state index contributed by atoms with van der Waals surface area (Å²) in [6.45, 7) is 13.0. The van der Waals surface area contributed by atoms with E-state index < -0.39 is 0 Å². The molecule has 0 atom stereocenters. The minimum Gasteiger partial charge on any atom is -0.352 e. The summed E-state index contributed by atoms with van der Waals surface area (Å²) in [6, 6.07) is 18.0. The van der Waals surface area contributed by atoms with Gasteiger partial charge in [-0.15, -0.1) is 0 Å². The molecule has 0 spiro atoms. The third-order valence-corrected chi connectivity index (χ3v) is 6.71. The molecule has 0 N–H and O–H groups in total. The van der Waals surface area contributed by atoms with Crippen LogP contribution in [-0.2, 0) is 13.0 Å². The van der Waals surface area contributed by atoms with Crippen molar-refractivity contribution in [3.8, 4) is 11.1 Å². The molecule has 32 heavy (non-hydrogen) atoms. The van der Waals surface area contributed by atoms with Gasteiger partial charge in [0.15, 0.2) is 0 Å². The molecule has 3 heterocycles. The van der Waals surface area contributed by atoms with Crippen LogP contribution in [0.15, 0.2) is 54.7 Å². The van der Waals surface area contributed by atoms with E-state index in [0.717, 1.165) is 31.0 Å². The quantitative estimate of drug-likeness (QED) is 0.367. The molecular formula is C28H32N4. The predicted octanol–water partition coefficient (Wildman–Crippen LogP) is 6.67. The lowest BCUT2D eigenvalue weighted by molar-refractivity contribution is 0.551. The van der Waals surface area contributed by atoms with Crippen molar-refractivity contribution in [3.05, 3.63) is 77.1 Å². The lowest BCUT2D eigenvalue weighted by Crippen LogP contribution is -2.31. The molecular weight excluding hydrogens is 392 g/mol. The van der Waals surface area contributed by atoms with Gasteiger partial charge in [0, 0.05) is 30.1 Å². The number of hydrogen-bond acceptors (Lipinski definition) is 3. The van der Waals surface area contributed by atoms with E-state index >= 15 is 0 Å². The third-order valence-electron chi connectivity index (χ3n) is 6.71. The largest absolute Gasteiger partial charge is 0.352 e. The van der Waals surface area contributed by atoms with Crippen LogP contribution in [0, 0.1) is 6.92 Å². The Balaban J connectivity index is 1.57. The van der Waals surface area contributed by atoms with Gasteiger partial charge in [0.25, 0.3) is 0 Å². The topological polar surface area (TPSA) is 34.0 Å². The number of rotatable bonds is 4. The van der Waals surface area contributed by atoms with E-state index in [9.17, 15) is 0 Å². The van der Waals surface area contributed by atoms with Crippen molar-refractivity contribution >= 4 is 16.7 Å². The average Bonchev–Trinajstić information content (AvgIpc) is 3.23. The third kappa shape index (κ3) is 3.48. The Morgan fingerprint density at radius 2 is 1.72 bits per heavy atom. The fourth-order valence-corrected chi connectivity index (χ4v) is 4.97. The highest BCUT2D eigenvalue weighted by atomic mass is 15.3. The number of benzene rings is 2. The fraction of sp³-hybridized carbons (Fsp3) is 0.357. The molecule has 5 rings (SSSR count). The maximum Gasteiger partial charge on any atom is 0.129 e. The fourth-order valence-electron chi connectivity index (χ4n) is 4.97. The molecule has 4 aromatic rings. The number of aryl methyl sites for hydroxylation is 1. The number of aromatic nitrogens is 3. The lowest BCUT2D eigenvalue weighted by atomic mass is 9.94. The molecule has 0 unspecified atom stereocenters. The summed E-state index contributed by atoms with van der Waals surface area (Å²) in [6.07, 6.45) is 3.08. The molecule has 0 saturated carbocycles. The summed E-state index contributed by atoms with van der Waals surface area (Å²) in [7, 11) is 0. The van der Waals surface area contributed by atoms with E-state index in [0.29, 0.717) is 12.0 Å². The van der Waals surface area contributed by atoms with Crippen LogP contribution in [0.4, 0.5) is 5.82 Å². The Hall–Kier alpha value is -3.14. The number of pyridine rings is 1. The normalized spacial score (nSPS) is 13.9. The molecule has 1 aliphatic heterocycles. The van der Waals surface area contributed by atoms with Crippen molar-refractivity contribution in [1.29, 1.82) is 0 Å². The minimum absolute atomic E-state index is 0.332. The van der Waals surface area contributed by atoms with Crippen LogP contribution in [0.25, 0.3) is 22.0 Å². The summed E-state index contributed by atoms with van der Waals surface area (Å²) in [4.78, 5) is 7.66. The van der Waals surface area contributed by atoms with E-state index in [1.165, 1.54) is 38.7 Å². The van der Waals surface area contributed by atoms with E-state index in [-0.39, 0.29) is 0 Å². The van der Waals surface area contributed by atoms with Crippen LogP contribution in [0.2, 0.25) is 0 Å². The molecule has 0 bridgehead atoms. The van der Waals surface area contributed by atoms with Crippen LogP contribution in [0.5, 0.6) is 0 Å². The van der Waals surface area contributed by atoms with Crippen molar-refractivity contribution in [2.45, 2.75) is 59.5 Å². The molecule has 1 aliphatic rings. The van der Waals surface area contributed by atoms with Gasteiger partial charge in [-0.05, 0) is 73.6 Å². The van der Waals surface area contributed by atoms with Gasteiger partial charge in [0.1, 0.15) is 5.82 Å². The van der Waals surface area contributed by atoms with Crippen LogP contribution in [-0.4, -0.2) is 21.3 Å². The zero-order valence-corrected chi connectivity index (χ0v) is 19.8. The number of nitrogens with zero attached hydrogens (tertiary/aromatic N) is 4. The molecule has 2 aromatic heterocycles. The molecule has 0 radical (unpaired) electrons. The van der Waals surface area contributed by atoms with Crippen molar-refractivity contribution in [2.75, 3.05) is 11.4 Å². The maximum absolute atomic E-state index is 5.22. The van der Waals surface area contributed by atoms with Gasteiger partial charge in [-0.2, -0.15) is 5.10 Å². The first kappa shape index (κ1) is 20.7. The molecule has 2 aromatic carbocycles. The van der Waals surface area contributed by atoms with Crippen molar-refractivity contribution < 1.29 is 0 Å². The van der Waals surface area contributed by atoms with Gasteiger partial charge in [-0.25, -0.2) is 4.98 Å². The number of anilines is 1. The van der Waals surface area contributed by atoms with E-state index in [4.69, 9.17) is 4.98 Å². The standard InChI is InChI=1S/C28H32N4/c1-18(2)28-23(22-10-7-11-26-24(22)16-29-32(26)19(3)4)12-13-27(30-28)31-15-14-21-9-6-8-20(5)25(21)17-31/h6-13,16,18-19H,14-15,17H2,1-5H3. The molecule has 164 valence electrons.